The van der Waals surface area contributed by atoms with Crippen molar-refractivity contribution >= 4 is 32.7 Å². The molecule has 1 heterocycles. The number of aromatic nitrogens is 1. The van der Waals surface area contributed by atoms with Crippen LogP contribution in [0, 0.1) is 0 Å². The molecule has 3 rings (SSSR count). The van der Waals surface area contributed by atoms with Crippen molar-refractivity contribution in [1.82, 2.24) is 10.3 Å². The SMILES string of the molecule is CC(C)(CNC(=O)c1ccc(Br)cc1)c1c[nH]c2ccccc12. The molecule has 0 radical (unpaired) electrons. The second kappa shape index (κ2) is 6.20. The normalized spacial score (nSPS) is 11.6. The van der Waals surface area contributed by atoms with Crippen LogP contribution in [0.2, 0.25) is 0 Å². The minimum atomic E-state index is -0.162. The molecule has 0 bridgehead atoms. The van der Waals surface area contributed by atoms with Crippen molar-refractivity contribution in [2.75, 3.05) is 6.54 Å². The van der Waals surface area contributed by atoms with Crippen LogP contribution in [0.15, 0.2) is 59.2 Å². The smallest absolute Gasteiger partial charge is 0.251 e. The molecule has 0 saturated carbocycles. The molecule has 118 valence electrons. The zero-order valence-corrected chi connectivity index (χ0v) is 14.8. The third kappa shape index (κ3) is 3.32. The fraction of sp³-hybridized carbons (Fsp3) is 0.211. The first-order valence-corrected chi connectivity index (χ1v) is 8.37. The first kappa shape index (κ1) is 15.8. The monoisotopic (exact) mass is 370 g/mol. The zero-order chi connectivity index (χ0) is 16.4. The molecule has 0 aliphatic heterocycles. The highest BCUT2D eigenvalue weighted by molar-refractivity contribution is 9.10. The summed E-state index contributed by atoms with van der Waals surface area (Å²) < 4.78 is 0.966. The Morgan fingerprint density at radius 3 is 2.57 bits per heavy atom. The predicted molar refractivity (Wildman–Crippen MR) is 97.8 cm³/mol. The molecule has 0 aliphatic carbocycles. The molecule has 0 fully saturated rings. The van der Waals surface area contributed by atoms with Gasteiger partial charge in [0.25, 0.3) is 5.91 Å². The van der Waals surface area contributed by atoms with Crippen LogP contribution in [0.4, 0.5) is 0 Å². The summed E-state index contributed by atoms with van der Waals surface area (Å²) in [5.41, 5.74) is 2.84. The van der Waals surface area contributed by atoms with Gasteiger partial charge in [-0.15, -0.1) is 0 Å². The van der Waals surface area contributed by atoms with E-state index in [0.717, 1.165) is 9.99 Å². The van der Waals surface area contributed by atoms with Gasteiger partial charge in [-0.3, -0.25) is 4.79 Å². The molecule has 0 unspecified atom stereocenters. The maximum absolute atomic E-state index is 12.3. The Morgan fingerprint density at radius 1 is 1.13 bits per heavy atom. The van der Waals surface area contributed by atoms with Gasteiger partial charge in [0.05, 0.1) is 0 Å². The number of carbonyl (C=O) groups excluding carboxylic acids is 1. The molecule has 0 spiro atoms. The quantitative estimate of drug-likeness (QED) is 0.690. The van der Waals surface area contributed by atoms with Gasteiger partial charge in [-0.25, -0.2) is 0 Å². The minimum absolute atomic E-state index is 0.0505. The van der Waals surface area contributed by atoms with Crippen molar-refractivity contribution < 1.29 is 4.79 Å². The summed E-state index contributed by atoms with van der Waals surface area (Å²) in [6.45, 7) is 4.86. The van der Waals surface area contributed by atoms with Gasteiger partial charge in [0, 0.05) is 39.1 Å². The van der Waals surface area contributed by atoms with E-state index >= 15 is 0 Å². The Hall–Kier alpha value is -2.07. The summed E-state index contributed by atoms with van der Waals surface area (Å²) >= 11 is 3.38. The minimum Gasteiger partial charge on any atom is -0.361 e. The number of halogens is 1. The van der Waals surface area contributed by atoms with Gasteiger partial charge in [0.2, 0.25) is 0 Å². The number of rotatable bonds is 4. The average molecular weight is 371 g/mol. The number of aromatic amines is 1. The summed E-state index contributed by atoms with van der Waals surface area (Å²) in [6, 6.07) is 15.6. The Labute approximate surface area is 144 Å². The number of H-pyrrole nitrogens is 1. The van der Waals surface area contributed by atoms with Crippen LogP contribution in [0.5, 0.6) is 0 Å². The number of hydrogen-bond acceptors (Lipinski definition) is 1. The van der Waals surface area contributed by atoms with Gasteiger partial charge in [-0.1, -0.05) is 48.0 Å². The number of nitrogens with one attached hydrogen (secondary N) is 2. The number of para-hydroxylation sites is 1. The third-order valence-electron chi connectivity index (χ3n) is 4.12. The van der Waals surface area contributed by atoms with Crippen LogP contribution in [0.1, 0.15) is 29.8 Å². The van der Waals surface area contributed by atoms with E-state index in [-0.39, 0.29) is 11.3 Å². The molecule has 23 heavy (non-hydrogen) atoms. The average Bonchev–Trinajstić information content (AvgIpc) is 2.98. The van der Waals surface area contributed by atoms with E-state index in [9.17, 15) is 4.79 Å². The van der Waals surface area contributed by atoms with E-state index in [4.69, 9.17) is 0 Å². The first-order valence-electron chi connectivity index (χ1n) is 7.58. The molecule has 0 saturated heterocycles. The number of amides is 1. The Kier molecular flexibility index (Phi) is 4.26. The van der Waals surface area contributed by atoms with Gasteiger partial charge >= 0.3 is 0 Å². The predicted octanol–water partition coefficient (Wildman–Crippen LogP) is 4.64. The fourth-order valence-corrected chi connectivity index (χ4v) is 3.00. The van der Waals surface area contributed by atoms with Crippen LogP contribution >= 0.6 is 15.9 Å². The van der Waals surface area contributed by atoms with Crippen molar-refractivity contribution in [2.24, 2.45) is 0 Å². The standard InChI is InChI=1S/C19H19BrN2O/c1-19(2,16-11-21-17-6-4-3-5-15(16)17)12-22-18(23)13-7-9-14(20)10-8-13/h3-11,21H,12H2,1-2H3,(H,22,23). The van der Waals surface area contributed by atoms with E-state index in [1.165, 1.54) is 10.9 Å². The largest absolute Gasteiger partial charge is 0.361 e. The second-order valence-corrected chi connectivity index (χ2v) is 7.24. The lowest BCUT2D eigenvalue weighted by Gasteiger charge is -2.25. The number of benzene rings is 2. The summed E-state index contributed by atoms with van der Waals surface area (Å²) in [5, 5.41) is 4.25. The van der Waals surface area contributed by atoms with Crippen molar-refractivity contribution in [2.45, 2.75) is 19.3 Å². The van der Waals surface area contributed by atoms with Crippen LogP contribution in [0.3, 0.4) is 0 Å². The van der Waals surface area contributed by atoms with Crippen molar-refractivity contribution in [1.29, 1.82) is 0 Å². The topological polar surface area (TPSA) is 44.9 Å². The molecule has 0 atom stereocenters. The molecule has 3 aromatic rings. The molecular formula is C19H19BrN2O. The first-order chi connectivity index (χ1) is 11.0. The number of carbonyl (C=O) groups is 1. The fourth-order valence-electron chi connectivity index (χ4n) is 2.73. The maximum Gasteiger partial charge on any atom is 0.251 e. The van der Waals surface area contributed by atoms with Crippen LogP contribution < -0.4 is 5.32 Å². The highest BCUT2D eigenvalue weighted by atomic mass is 79.9. The number of fused-ring (bicyclic) bond motifs is 1. The molecule has 1 amide bonds. The highest BCUT2D eigenvalue weighted by Gasteiger charge is 2.24. The zero-order valence-electron chi connectivity index (χ0n) is 13.2. The highest BCUT2D eigenvalue weighted by Crippen LogP contribution is 2.29. The van der Waals surface area contributed by atoms with Crippen LogP contribution in [0.25, 0.3) is 10.9 Å². The van der Waals surface area contributed by atoms with Gasteiger partial charge < -0.3 is 10.3 Å². The van der Waals surface area contributed by atoms with Crippen LogP contribution in [-0.2, 0) is 5.41 Å². The number of hydrogen-bond donors (Lipinski definition) is 2. The molecular weight excluding hydrogens is 352 g/mol. The van der Waals surface area contributed by atoms with Gasteiger partial charge in [0.1, 0.15) is 0 Å². The molecule has 1 aromatic heterocycles. The van der Waals surface area contributed by atoms with E-state index in [2.05, 4.69) is 52.2 Å². The van der Waals surface area contributed by atoms with Crippen LogP contribution in [-0.4, -0.2) is 17.4 Å². The summed E-state index contributed by atoms with van der Waals surface area (Å²) in [7, 11) is 0. The Bertz CT molecular complexity index is 834. The lowest BCUT2D eigenvalue weighted by atomic mass is 9.84. The Balaban J connectivity index is 1.76. The van der Waals surface area contributed by atoms with E-state index in [1.54, 1.807) is 0 Å². The second-order valence-electron chi connectivity index (χ2n) is 6.32. The lowest BCUT2D eigenvalue weighted by molar-refractivity contribution is 0.0945. The van der Waals surface area contributed by atoms with Gasteiger partial charge in [-0.05, 0) is 35.9 Å². The van der Waals surface area contributed by atoms with Gasteiger partial charge in [-0.2, -0.15) is 0 Å². The third-order valence-corrected chi connectivity index (χ3v) is 4.64. The van der Waals surface area contributed by atoms with E-state index < -0.39 is 0 Å². The maximum atomic E-state index is 12.3. The molecule has 2 aromatic carbocycles. The summed E-state index contributed by atoms with van der Waals surface area (Å²) in [5.74, 6) is -0.0505. The molecule has 4 heteroatoms. The van der Waals surface area contributed by atoms with Crippen molar-refractivity contribution in [3.63, 3.8) is 0 Å². The Morgan fingerprint density at radius 2 is 1.83 bits per heavy atom. The summed E-state index contributed by atoms with van der Waals surface area (Å²) in [6.07, 6.45) is 2.04. The summed E-state index contributed by atoms with van der Waals surface area (Å²) in [4.78, 5) is 15.6. The molecule has 2 N–H and O–H groups in total. The van der Waals surface area contributed by atoms with Crippen molar-refractivity contribution in [3.8, 4) is 0 Å². The van der Waals surface area contributed by atoms with E-state index in [1.807, 2.05) is 42.6 Å². The van der Waals surface area contributed by atoms with Gasteiger partial charge in [0.15, 0.2) is 0 Å². The van der Waals surface area contributed by atoms with E-state index in [0.29, 0.717) is 12.1 Å². The van der Waals surface area contributed by atoms with Crippen molar-refractivity contribution in [3.05, 3.63) is 70.3 Å². The molecule has 3 nitrogen and oxygen atoms in total. The lowest BCUT2D eigenvalue weighted by Crippen LogP contribution is -2.36. The molecule has 0 aliphatic rings.